The number of aliphatic carboxylic acids is 1. The van der Waals surface area contributed by atoms with Gasteiger partial charge in [0.15, 0.2) is 6.10 Å². The van der Waals surface area contributed by atoms with Gasteiger partial charge in [-0.05, 0) is 65.9 Å². The number of anilines is 1. The van der Waals surface area contributed by atoms with Crippen LogP contribution in [0.3, 0.4) is 0 Å². The van der Waals surface area contributed by atoms with Crippen LogP contribution >= 0.6 is 23.4 Å². The molecule has 0 radical (unpaired) electrons. The van der Waals surface area contributed by atoms with Crippen molar-refractivity contribution in [2.45, 2.75) is 52.0 Å². The van der Waals surface area contributed by atoms with Crippen molar-refractivity contribution >= 4 is 41.2 Å². The van der Waals surface area contributed by atoms with Gasteiger partial charge in [0, 0.05) is 18.5 Å². The number of hydrogen-bond acceptors (Lipinski definition) is 9. The van der Waals surface area contributed by atoms with Gasteiger partial charge < -0.3 is 26.0 Å². The third kappa shape index (κ3) is 13.1. The minimum Gasteiger partial charge on any atom is -0.479 e. The number of carbonyl (C=O) groups excluding carboxylic acids is 2. The molecule has 11 heteroatoms. The van der Waals surface area contributed by atoms with Gasteiger partial charge in [0.1, 0.15) is 0 Å². The van der Waals surface area contributed by atoms with Crippen molar-refractivity contribution in [1.29, 1.82) is 0 Å². The maximum Gasteiger partial charge on any atom is 0.373 e. The Morgan fingerprint density at radius 3 is 2.43 bits per heavy atom. The predicted octanol–water partition coefficient (Wildman–Crippen LogP) is 3.16. The van der Waals surface area contributed by atoms with E-state index in [0.717, 1.165) is 60.4 Å². The molecule has 3 rings (SSSR count). The van der Waals surface area contributed by atoms with Crippen LogP contribution in [-0.2, 0) is 39.5 Å². The van der Waals surface area contributed by atoms with E-state index in [-0.39, 0.29) is 6.15 Å². The van der Waals surface area contributed by atoms with Gasteiger partial charge in [-0.1, -0.05) is 44.5 Å². The minimum atomic E-state index is -1.63. The van der Waals surface area contributed by atoms with Gasteiger partial charge in [-0.3, -0.25) is 4.98 Å². The fourth-order valence-electron chi connectivity index (χ4n) is 3.31. The topological polar surface area (TPSA) is 149 Å². The SMILES string of the molecule is CC(C)(C)CSCc1ccc(CNc2c(Cl)ccc3c2CCNCC3)cn1.O=C(O)[C@H](O)CO.O=C=O. The summed E-state index contributed by atoms with van der Waals surface area (Å²) in [6, 6.07) is 8.50. The summed E-state index contributed by atoms with van der Waals surface area (Å²) in [6.45, 7) is 8.87. The highest BCUT2D eigenvalue weighted by atomic mass is 35.5. The van der Waals surface area contributed by atoms with Crippen LogP contribution in [0.25, 0.3) is 0 Å². The van der Waals surface area contributed by atoms with Crippen LogP contribution in [0.2, 0.25) is 5.02 Å². The highest BCUT2D eigenvalue weighted by Gasteiger charge is 2.15. The summed E-state index contributed by atoms with van der Waals surface area (Å²) in [7, 11) is 0. The Bertz CT molecular complexity index is 1010. The van der Waals surface area contributed by atoms with Crippen LogP contribution < -0.4 is 10.6 Å². The van der Waals surface area contributed by atoms with E-state index in [1.54, 1.807) is 0 Å². The molecule has 204 valence electrons. The first-order valence-electron chi connectivity index (χ1n) is 11.8. The third-order valence-electron chi connectivity index (χ3n) is 5.08. The van der Waals surface area contributed by atoms with Crippen LogP contribution in [0.5, 0.6) is 0 Å². The van der Waals surface area contributed by atoms with E-state index in [4.69, 9.17) is 36.5 Å². The van der Waals surface area contributed by atoms with Gasteiger partial charge in [-0.2, -0.15) is 21.4 Å². The second kappa shape index (κ2) is 17.1. The Kier molecular flexibility index (Phi) is 15.1. The molecule has 1 aromatic carbocycles. The second-order valence-corrected chi connectivity index (χ2v) is 10.9. The zero-order valence-electron chi connectivity index (χ0n) is 21.4. The van der Waals surface area contributed by atoms with Crippen LogP contribution in [0, 0.1) is 5.41 Å². The molecule has 5 N–H and O–H groups in total. The number of aliphatic hydroxyl groups excluding tert-OH is 2. The van der Waals surface area contributed by atoms with Gasteiger partial charge in [0.05, 0.1) is 23.0 Å². The average molecular weight is 554 g/mol. The second-order valence-electron chi connectivity index (χ2n) is 9.49. The normalized spacial score (nSPS) is 13.4. The lowest BCUT2D eigenvalue weighted by atomic mass is 10.0. The predicted molar refractivity (Wildman–Crippen MR) is 145 cm³/mol. The number of carboxylic acid groups (broad SMARTS) is 1. The zero-order valence-corrected chi connectivity index (χ0v) is 23.0. The number of nitrogens with one attached hydrogen (secondary N) is 2. The van der Waals surface area contributed by atoms with Crippen LogP contribution in [0.4, 0.5) is 5.69 Å². The molecule has 37 heavy (non-hydrogen) atoms. The number of hydrogen-bond donors (Lipinski definition) is 5. The number of rotatable bonds is 8. The molecule has 0 aliphatic carbocycles. The summed E-state index contributed by atoms with van der Waals surface area (Å²) >= 11 is 8.45. The third-order valence-corrected chi connectivity index (χ3v) is 6.97. The molecule has 1 aromatic heterocycles. The molecule has 2 heterocycles. The Balaban J connectivity index is 0.000000584. The molecule has 2 aromatic rings. The lowest BCUT2D eigenvalue weighted by Gasteiger charge is -2.17. The van der Waals surface area contributed by atoms with Crippen molar-refractivity contribution in [1.82, 2.24) is 10.3 Å². The number of fused-ring (bicyclic) bond motifs is 1. The summed E-state index contributed by atoms with van der Waals surface area (Å²) in [5, 5.41) is 31.6. The van der Waals surface area contributed by atoms with Gasteiger partial charge in [-0.25, -0.2) is 4.79 Å². The first-order chi connectivity index (χ1) is 17.5. The molecule has 0 unspecified atom stereocenters. The molecule has 0 bridgehead atoms. The summed E-state index contributed by atoms with van der Waals surface area (Å²) < 4.78 is 0. The number of aliphatic hydroxyl groups is 2. The molecule has 0 saturated carbocycles. The Hall–Kier alpha value is -2.46. The van der Waals surface area contributed by atoms with Gasteiger partial charge in [0.25, 0.3) is 0 Å². The van der Waals surface area contributed by atoms with E-state index < -0.39 is 18.7 Å². The van der Waals surface area contributed by atoms with Gasteiger partial charge >= 0.3 is 12.1 Å². The van der Waals surface area contributed by atoms with E-state index in [2.05, 4.69) is 54.6 Å². The maximum atomic E-state index is 9.52. The molecular weight excluding hydrogens is 518 g/mol. The number of aromatic nitrogens is 1. The summed E-state index contributed by atoms with van der Waals surface area (Å²) in [4.78, 5) is 30.4. The summed E-state index contributed by atoms with van der Waals surface area (Å²) in [5.74, 6) is 0.711. The van der Waals surface area contributed by atoms with E-state index in [1.165, 1.54) is 16.7 Å². The number of benzene rings is 1. The van der Waals surface area contributed by atoms with E-state index >= 15 is 0 Å². The Morgan fingerprint density at radius 2 is 1.89 bits per heavy atom. The average Bonchev–Trinajstić information content (AvgIpc) is 3.09. The fraction of sp³-hybridized carbons (Fsp3) is 0.500. The molecule has 0 fully saturated rings. The maximum absolute atomic E-state index is 9.52. The molecule has 9 nitrogen and oxygen atoms in total. The molecule has 1 atom stereocenters. The molecule has 0 amide bonds. The van der Waals surface area contributed by atoms with E-state index in [1.807, 2.05) is 24.0 Å². The lowest BCUT2D eigenvalue weighted by Crippen LogP contribution is -2.22. The largest absolute Gasteiger partial charge is 0.479 e. The van der Waals surface area contributed by atoms with Crippen molar-refractivity contribution in [2.75, 3.05) is 30.8 Å². The van der Waals surface area contributed by atoms with Crippen molar-refractivity contribution in [2.24, 2.45) is 5.41 Å². The van der Waals surface area contributed by atoms with Gasteiger partial charge in [0.2, 0.25) is 0 Å². The van der Waals surface area contributed by atoms with Gasteiger partial charge in [-0.15, -0.1) is 0 Å². The Labute approximate surface area is 227 Å². The summed E-state index contributed by atoms with van der Waals surface area (Å²) in [5.41, 5.74) is 6.53. The summed E-state index contributed by atoms with van der Waals surface area (Å²) in [6.07, 6.45) is 2.68. The van der Waals surface area contributed by atoms with Crippen molar-refractivity contribution in [3.63, 3.8) is 0 Å². The molecule has 1 aliphatic rings. The van der Waals surface area contributed by atoms with Crippen molar-refractivity contribution in [3.05, 3.63) is 57.9 Å². The van der Waals surface area contributed by atoms with Crippen LogP contribution in [0.1, 0.15) is 43.2 Å². The molecular formula is C26H36ClN3O6S. The molecule has 1 aliphatic heterocycles. The monoisotopic (exact) mass is 553 g/mol. The first-order valence-corrected chi connectivity index (χ1v) is 13.3. The van der Waals surface area contributed by atoms with Crippen molar-refractivity contribution < 1.29 is 29.7 Å². The van der Waals surface area contributed by atoms with Crippen LogP contribution in [-0.4, -0.2) is 64.0 Å². The fourth-order valence-corrected chi connectivity index (χ4v) is 4.65. The molecule has 0 spiro atoms. The van der Waals surface area contributed by atoms with E-state index in [0.29, 0.717) is 5.41 Å². The quantitative estimate of drug-likeness (QED) is 0.330. The van der Waals surface area contributed by atoms with E-state index in [9.17, 15) is 4.79 Å². The zero-order chi connectivity index (χ0) is 27.8. The highest BCUT2D eigenvalue weighted by Crippen LogP contribution is 2.31. The number of thioether (sulfide) groups is 1. The molecule has 0 saturated heterocycles. The number of halogens is 1. The standard InChI is InChI=1S/C22H30ClN3S.C3H6O4.CO2/c1-22(2,3)15-27-14-18-6-4-16(12-25-18)13-26-21-19-9-11-24-10-8-17(19)5-7-20(21)23;4-1-2(5)3(6)7;2-1-3/h4-7,12,24,26H,8-11,13-15H2,1-3H3;2,4-5H,1H2,(H,6,7);/t;2-;/m.1./s1. The van der Waals surface area contributed by atoms with Crippen LogP contribution in [0.15, 0.2) is 30.5 Å². The Morgan fingerprint density at radius 1 is 1.22 bits per heavy atom. The number of pyridine rings is 1. The smallest absolute Gasteiger partial charge is 0.373 e. The number of carbonyl (C=O) groups is 1. The first kappa shape index (κ1) is 32.6. The number of nitrogens with zero attached hydrogens (tertiary/aromatic N) is 1. The lowest BCUT2D eigenvalue weighted by molar-refractivity contribution is -0.191. The number of carboxylic acids is 1. The van der Waals surface area contributed by atoms with Crippen molar-refractivity contribution in [3.8, 4) is 0 Å². The minimum absolute atomic E-state index is 0.250. The highest BCUT2D eigenvalue weighted by molar-refractivity contribution is 7.98.